The summed E-state index contributed by atoms with van der Waals surface area (Å²) in [4.78, 5) is 34.9. The van der Waals surface area contributed by atoms with Crippen molar-refractivity contribution >= 4 is 23.2 Å². The number of hydrogen-bond acceptors (Lipinski definition) is 7. The molecule has 2 aromatic heterocycles. The summed E-state index contributed by atoms with van der Waals surface area (Å²) in [7, 11) is 0. The standard InChI is InChI=1S/C15H21N7O2S/c1-3-16-14(23)12-4-10(20-15(24)13-17-8-18-21-13)5-22(12)6-11-7-25-9(2)19-11/h7-8,10,12H,3-6H2,1-2H3,(H,16,23)(H,20,24)(H,17,18,21)/t10-,12-/m0/s1. The number of likely N-dealkylation sites (tertiary alicyclic amines) is 1. The number of nitrogens with one attached hydrogen (secondary N) is 3. The lowest BCUT2D eigenvalue weighted by Gasteiger charge is -2.22. The van der Waals surface area contributed by atoms with E-state index in [-0.39, 0.29) is 29.7 Å². The van der Waals surface area contributed by atoms with Gasteiger partial charge in [0.15, 0.2) is 0 Å². The van der Waals surface area contributed by atoms with Crippen LogP contribution in [-0.2, 0) is 11.3 Å². The average Bonchev–Trinajstić information content (AvgIpc) is 3.29. The first-order chi connectivity index (χ1) is 12.1. The van der Waals surface area contributed by atoms with Crippen molar-refractivity contribution in [3.63, 3.8) is 0 Å². The summed E-state index contributed by atoms with van der Waals surface area (Å²) in [5.41, 5.74) is 0.944. The first-order valence-electron chi connectivity index (χ1n) is 8.15. The maximum absolute atomic E-state index is 12.4. The van der Waals surface area contributed by atoms with Crippen molar-refractivity contribution in [2.45, 2.75) is 38.9 Å². The number of carbonyl (C=O) groups is 2. The summed E-state index contributed by atoms with van der Waals surface area (Å²) in [5.74, 6) is -0.169. The molecule has 2 amide bonds. The Labute approximate surface area is 149 Å². The Balaban J connectivity index is 1.68. The Morgan fingerprint density at radius 1 is 1.48 bits per heavy atom. The van der Waals surface area contributed by atoms with Gasteiger partial charge in [0.25, 0.3) is 5.91 Å². The fourth-order valence-corrected chi connectivity index (χ4v) is 3.61. The largest absolute Gasteiger partial charge is 0.355 e. The second-order valence-corrected chi connectivity index (χ2v) is 7.00. The fraction of sp³-hybridized carbons (Fsp3) is 0.533. The molecule has 9 nitrogen and oxygen atoms in total. The van der Waals surface area contributed by atoms with Gasteiger partial charge in [-0.3, -0.25) is 19.6 Å². The quantitative estimate of drug-likeness (QED) is 0.669. The van der Waals surface area contributed by atoms with Crippen LogP contribution in [0.2, 0.25) is 0 Å². The summed E-state index contributed by atoms with van der Waals surface area (Å²) in [6.07, 6.45) is 1.84. The van der Waals surface area contributed by atoms with Gasteiger partial charge in [-0.15, -0.1) is 11.3 Å². The highest BCUT2D eigenvalue weighted by Crippen LogP contribution is 2.22. The van der Waals surface area contributed by atoms with Crippen LogP contribution in [0, 0.1) is 6.92 Å². The van der Waals surface area contributed by atoms with Crippen molar-refractivity contribution in [3.05, 3.63) is 28.2 Å². The minimum Gasteiger partial charge on any atom is -0.355 e. The first kappa shape index (κ1) is 17.5. The van der Waals surface area contributed by atoms with Gasteiger partial charge in [-0.25, -0.2) is 9.97 Å². The molecular formula is C15H21N7O2S. The highest BCUT2D eigenvalue weighted by molar-refractivity contribution is 7.09. The van der Waals surface area contributed by atoms with E-state index >= 15 is 0 Å². The maximum atomic E-state index is 12.4. The predicted octanol–water partition coefficient (Wildman–Crippen LogP) is 0.0786. The van der Waals surface area contributed by atoms with Crippen LogP contribution in [0.3, 0.4) is 0 Å². The van der Waals surface area contributed by atoms with Crippen molar-refractivity contribution in [2.75, 3.05) is 13.1 Å². The number of carbonyl (C=O) groups excluding carboxylic acids is 2. The second-order valence-electron chi connectivity index (χ2n) is 5.94. The number of amides is 2. The van der Waals surface area contributed by atoms with E-state index in [1.807, 2.05) is 19.2 Å². The lowest BCUT2D eigenvalue weighted by molar-refractivity contribution is -0.125. The number of nitrogens with zero attached hydrogens (tertiary/aromatic N) is 4. The number of rotatable bonds is 6. The van der Waals surface area contributed by atoms with E-state index in [4.69, 9.17) is 0 Å². The third kappa shape index (κ3) is 4.20. The average molecular weight is 363 g/mol. The van der Waals surface area contributed by atoms with E-state index in [0.717, 1.165) is 10.7 Å². The Bertz CT molecular complexity index is 730. The van der Waals surface area contributed by atoms with Gasteiger partial charge in [0.05, 0.1) is 16.7 Å². The summed E-state index contributed by atoms with van der Waals surface area (Å²) < 4.78 is 0. The van der Waals surface area contributed by atoms with E-state index in [1.54, 1.807) is 11.3 Å². The highest BCUT2D eigenvalue weighted by atomic mass is 32.1. The molecule has 1 saturated heterocycles. The summed E-state index contributed by atoms with van der Waals surface area (Å²) in [6, 6.07) is -0.424. The first-order valence-corrected chi connectivity index (χ1v) is 9.03. The number of thiazole rings is 1. The molecule has 3 N–H and O–H groups in total. The number of aromatic nitrogens is 4. The van der Waals surface area contributed by atoms with Crippen LogP contribution >= 0.6 is 11.3 Å². The Hall–Kier alpha value is -2.33. The van der Waals surface area contributed by atoms with Crippen molar-refractivity contribution in [1.29, 1.82) is 0 Å². The summed E-state index contributed by atoms with van der Waals surface area (Å²) >= 11 is 1.59. The van der Waals surface area contributed by atoms with Crippen LogP contribution in [-0.4, -0.2) is 62.1 Å². The molecule has 10 heteroatoms. The van der Waals surface area contributed by atoms with Crippen LogP contribution in [0.4, 0.5) is 0 Å². The Morgan fingerprint density at radius 2 is 2.32 bits per heavy atom. The van der Waals surface area contributed by atoms with Gasteiger partial charge in [0.2, 0.25) is 11.7 Å². The number of H-pyrrole nitrogens is 1. The predicted molar refractivity (Wildman–Crippen MR) is 92.0 cm³/mol. The fourth-order valence-electron chi connectivity index (χ4n) is 3.01. The molecule has 0 bridgehead atoms. The molecule has 0 aromatic carbocycles. The minimum atomic E-state index is -0.316. The zero-order valence-electron chi connectivity index (χ0n) is 14.2. The van der Waals surface area contributed by atoms with Gasteiger partial charge in [0, 0.05) is 31.1 Å². The second kappa shape index (κ2) is 7.70. The maximum Gasteiger partial charge on any atom is 0.288 e. The Morgan fingerprint density at radius 3 is 2.96 bits per heavy atom. The van der Waals surface area contributed by atoms with Crippen LogP contribution < -0.4 is 10.6 Å². The molecule has 3 heterocycles. The summed E-state index contributed by atoms with van der Waals surface area (Å²) in [5, 5.41) is 15.0. The van der Waals surface area contributed by atoms with Crippen LogP contribution in [0.1, 0.15) is 34.7 Å². The molecule has 25 heavy (non-hydrogen) atoms. The van der Waals surface area contributed by atoms with Crippen LogP contribution in [0.5, 0.6) is 0 Å². The molecule has 0 saturated carbocycles. The molecule has 0 unspecified atom stereocenters. The topological polar surface area (TPSA) is 116 Å². The van der Waals surface area contributed by atoms with Gasteiger partial charge < -0.3 is 10.6 Å². The van der Waals surface area contributed by atoms with E-state index in [1.165, 1.54) is 6.33 Å². The number of aromatic amines is 1. The van der Waals surface area contributed by atoms with Gasteiger partial charge >= 0.3 is 0 Å². The van der Waals surface area contributed by atoms with Crippen molar-refractivity contribution in [3.8, 4) is 0 Å². The van der Waals surface area contributed by atoms with Crippen LogP contribution in [0.25, 0.3) is 0 Å². The molecule has 1 aliphatic rings. The molecule has 3 rings (SSSR count). The van der Waals surface area contributed by atoms with Gasteiger partial charge in [-0.2, -0.15) is 5.10 Å². The van der Waals surface area contributed by atoms with E-state index in [0.29, 0.717) is 26.1 Å². The zero-order valence-corrected chi connectivity index (χ0v) is 15.0. The lowest BCUT2D eigenvalue weighted by Crippen LogP contribution is -2.42. The third-order valence-corrected chi connectivity index (χ3v) is 4.88. The SMILES string of the molecule is CCNC(=O)[C@@H]1C[C@H](NC(=O)c2ncn[nH]2)CN1Cc1csc(C)n1. The van der Waals surface area contributed by atoms with E-state index in [9.17, 15) is 9.59 Å². The molecule has 2 atom stereocenters. The molecule has 1 aliphatic heterocycles. The molecule has 2 aromatic rings. The van der Waals surface area contributed by atoms with Gasteiger partial charge in [-0.1, -0.05) is 0 Å². The molecule has 134 valence electrons. The Kier molecular flexibility index (Phi) is 5.39. The van der Waals surface area contributed by atoms with Gasteiger partial charge in [-0.05, 0) is 20.3 Å². The highest BCUT2D eigenvalue weighted by Gasteiger charge is 2.37. The van der Waals surface area contributed by atoms with Crippen molar-refractivity contribution in [2.24, 2.45) is 0 Å². The summed E-state index contributed by atoms with van der Waals surface area (Å²) in [6.45, 7) is 5.59. The molecular weight excluding hydrogens is 342 g/mol. The molecule has 0 aliphatic carbocycles. The third-order valence-electron chi connectivity index (χ3n) is 4.05. The number of likely N-dealkylation sites (N-methyl/N-ethyl adjacent to an activating group) is 1. The van der Waals surface area contributed by atoms with Crippen molar-refractivity contribution in [1.82, 2.24) is 35.7 Å². The zero-order chi connectivity index (χ0) is 17.8. The van der Waals surface area contributed by atoms with E-state index < -0.39 is 0 Å². The number of hydrogen-bond donors (Lipinski definition) is 3. The molecule has 0 spiro atoms. The normalized spacial score (nSPS) is 20.6. The smallest absolute Gasteiger partial charge is 0.288 e. The molecule has 1 fully saturated rings. The monoisotopic (exact) mass is 363 g/mol. The van der Waals surface area contributed by atoms with Gasteiger partial charge in [0.1, 0.15) is 6.33 Å². The van der Waals surface area contributed by atoms with E-state index in [2.05, 4.69) is 35.7 Å². The lowest BCUT2D eigenvalue weighted by atomic mass is 10.1. The number of aryl methyl sites for hydroxylation is 1. The van der Waals surface area contributed by atoms with Crippen molar-refractivity contribution < 1.29 is 9.59 Å². The minimum absolute atomic E-state index is 0.0223. The van der Waals surface area contributed by atoms with Crippen LogP contribution in [0.15, 0.2) is 11.7 Å². The molecule has 0 radical (unpaired) electrons.